The van der Waals surface area contributed by atoms with E-state index in [1.165, 1.54) is 5.56 Å². The number of carbonyl (C=O) groups excluding carboxylic acids is 1. The van der Waals surface area contributed by atoms with Gasteiger partial charge in [0.1, 0.15) is 5.76 Å². The van der Waals surface area contributed by atoms with Crippen molar-refractivity contribution in [2.24, 2.45) is 0 Å². The van der Waals surface area contributed by atoms with Gasteiger partial charge in [0.15, 0.2) is 5.69 Å². The van der Waals surface area contributed by atoms with Gasteiger partial charge in [-0.1, -0.05) is 35.5 Å². The normalized spacial score (nSPS) is 16.0. The van der Waals surface area contributed by atoms with E-state index in [0.29, 0.717) is 11.5 Å². The first-order valence-electron chi connectivity index (χ1n) is 7.63. The van der Waals surface area contributed by atoms with Gasteiger partial charge in [-0.05, 0) is 19.4 Å². The molecule has 0 bridgehead atoms. The number of piperazine rings is 1. The molecule has 5 heteroatoms. The molecule has 0 saturated carbocycles. The molecule has 2 aromatic rings. The van der Waals surface area contributed by atoms with Crippen LogP contribution in [-0.2, 0) is 6.54 Å². The van der Waals surface area contributed by atoms with Crippen molar-refractivity contribution < 1.29 is 9.32 Å². The van der Waals surface area contributed by atoms with Crippen molar-refractivity contribution in [2.45, 2.75) is 20.4 Å². The molecule has 1 aliphatic heterocycles. The minimum atomic E-state index is -0.0197. The Morgan fingerprint density at radius 1 is 1.14 bits per heavy atom. The van der Waals surface area contributed by atoms with Crippen LogP contribution < -0.4 is 0 Å². The average molecular weight is 299 g/mol. The molecule has 0 N–H and O–H groups in total. The van der Waals surface area contributed by atoms with Crippen LogP contribution in [0.4, 0.5) is 0 Å². The number of carbonyl (C=O) groups is 1. The molecule has 2 heterocycles. The van der Waals surface area contributed by atoms with Gasteiger partial charge >= 0.3 is 0 Å². The quantitative estimate of drug-likeness (QED) is 0.872. The predicted octanol–water partition coefficient (Wildman–Crippen LogP) is 2.25. The highest BCUT2D eigenvalue weighted by Gasteiger charge is 2.26. The number of benzene rings is 1. The summed E-state index contributed by atoms with van der Waals surface area (Å²) in [6, 6.07) is 10.4. The van der Waals surface area contributed by atoms with Crippen LogP contribution in [0.25, 0.3) is 0 Å². The van der Waals surface area contributed by atoms with E-state index in [-0.39, 0.29) is 5.91 Å². The van der Waals surface area contributed by atoms with Gasteiger partial charge < -0.3 is 9.42 Å². The molecule has 1 aromatic carbocycles. The summed E-state index contributed by atoms with van der Waals surface area (Å²) in [5.41, 5.74) is 2.61. The molecule has 1 amide bonds. The smallest absolute Gasteiger partial charge is 0.276 e. The number of hydrogen-bond acceptors (Lipinski definition) is 4. The zero-order valence-electron chi connectivity index (χ0n) is 13.1. The van der Waals surface area contributed by atoms with Crippen LogP contribution in [0.3, 0.4) is 0 Å². The summed E-state index contributed by atoms with van der Waals surface area (Å²) in [5, 5.41) is 3.90. The summed E-state index contributed by atoms with van der Waals surface area (Å²) in [6.07, 6.45) is 0. The Morgan fingerprint density at radius 2 is 1.82 bits per heavy atom. The largest absolute Gasteiger partial charge is 0.361 e. The standard InChI is InChI=1S/C17H21N3O2/c1-13-14(2)22-18-16(13)17(21)20-10-8-19(9-11-20)12-15-6-4-3-5-7-15/h3-7H,8-12H2,1-2H3. The Bertz CT molecular complexity index is 643. The van der Waals surface area contributed by atoms with Crippen molar-refractivity contribution in [1.82, 2.24) is 15.0 Å². The highest BCUT2D eigenvalue weighted by atomic mass is 16.5. The maximum atomic E-state index is 12.5. The number of aromatic nitrogens is 1. The van der Waals surface area contributed by atoms with Crippen LogP contribution in [0.2, 0.25) is 0 Å². The summed E-state index contributed by atoms with van der Waals surface area (Å²) in [4.78, 5) is 16.7. The number of nitrogens with zero attached hydrogens (tertiary/aromatic N) is 3. The lowest BCUT2D eigenvalue weighted by Crippen LogP contribution is -2.48. The molecule has 1 saturated heterocycles. The second kappa shape index (κ2) is 6.32. The first kappa shape index (κ1) is 14.8. The number of rotatable bonds is 3. The first-order chi connectivity index (χ1) is 10.6. The van der Waals surface area contributed by atoms with Crippen LogP contribution in [0, 0.1) is 13.8 Å². The zero-order chi connectivity index (χ0) is 15.5. The lowest BCUT2D eigenvalue weighted by atomic mass is 10.1. The average Bonchev–Trinajstić information content (AvgIpc) is 2.88. The minimum absolute atomic E-state index is 0.0197. The zero-order valence-corrected chi connectivity index (χ0v) is 13.1. The Kier molecular flexibility index (Phi) is 4.24. The fourth-order valence-electron chi connectivity index (χ4n) is 2.72. The molecule has 0 atom stereocenters. The van der Waals surface area contributed by atoms with E-state index in [4.69, 9.17) is 4.52 Å². The third-order valence-corrected chi connectivity index (χ3v) is 4.27. The van der Waals surface area contributed by atoms with Crippen LogP contribution >= 0.6 is 0 Å². The van der Waals surface area contributed by atoms with Crippen LogP contribution in [0.15, 0.2) is 34.9 Å². The Balaban J connectivity index is 1.57. The third kappa shape index (κ3) is 3.04. The van der Waals surface area contributed by atoms with E-state index in [9.17, 15) is 4.79 Å². The van der Waals surface area contributed by atoms with Gasteiger partial charge in [-0.2, -0.15) is 0 Å². The van der Waals surface area contributed by atoms with Gasteiger partial charge in [0, 0.05) is 38.3 Å². The van der Waals surface area contributed by atoms with Crippen molar-refractivity contribution in [3.05, 3.63) is 52.9 Å². The van der Waals surface area contributed by atoms with Gasteiger partial charge in [-0.25, -0.2) is 0 Å². The van der Waals surface area contributed by atoms with E-state index >= 15 is 0 Å². The highest BCUT2D eigenvalue weighted by Crippen LogP contribution is 2.16. The van der Waals surface area contributed by atoms with E-state index in [0.717, 1.165) is 38.3 Å². The molecule has 1 aliphatic rings. The van der Waals surface area contributed by atoms with Gasteiger partial charge in [0.2, 0.25) is 0 Å². The fourth-order valence-corrected chi connectivity index (χ4v) is 2.72. The van der Waals surface area contributed by atoms with Gasteiger partial charge in [-0.3, -0.25) is 9.69 Å². The molecule has 1 fully saturated rings. The van der Waals surface area contributed by atoms with Crippen molar-refractivity contribution in [1.29, 1.82) is 0 Å². The molecular formula is C17H21N3O2. The molecule has 5 nitrogen and oxygen atoms in total. The lowest BCUT2D eigenvalue weighted by Gasteiger charge is -2.34. The molecular weight excluding hydrogens is 278 g/mol. The van der Waals surface area contributed by atoms with Gasteiger partial charge in [0.25, 0.3) is 5.91 Å². The molecule has 0 aliphatic carbocycles. The molecule has 3 rings (SSSR count). The van der Waals surface area contributed by atoms with E-state index < -0.39 is 0 Å². The monoisotopic (exact) mass is 299 g/mol. The molecule has 116 valence electrons. The van der Waals surface area contributed by atoms with E-state index in [2.05, 4.69) is 34.3 Å². The summed E-state index contributed by atoms with van der Waals surface area (Å²) >= 11 is 0. The second-order valence-electron chi connectivity index (χ2n) is 5.77. The summed E-state index contributed by atoms with van der Waals surface area (Å²) in [5.74, 6) is 0.694. The minimum Gasteiger partial charge on any atom is -0.361 e. The summed E-state index contributed by atoms with van der Waals surface area (Å²) < 4.78 is 5.10. The van der Waals surface area contributed by atoms with Crippen LogP contribution in [-0.4, -0.2) is 47.0 Å². The summed E-state index contributed by atoms with van der Waals surface area (Å²) in [6.45, 7) is 7.88. The van der Waals surface area contributed by atoms with Crippen LogP contribution in [0.5, 0.6) is 0 Å². The Labute approximate surface area is 130 Å². The van der Waals surface area contributed by atoms with Crippen LogP contribution in [0.1, 0.15) is 27.4 Å². The Morgan fingerprint density at radius 3 is 2.41 bits per heavy atom. The molecule has 1 aromatic heterocycles. The van der Waals surface area contributed by atoms with Crippen molar-refractivity contribution in [3.63, 3.8) is 0 Å². The van der Waals surface area contributed by atoms with Crippen molar-refractivity contribution in [2.75, 3.05) is 26.2 Å². The highest BCUT2D eigenvalue weighted by molar-refractivity contribution is 5.93. The fraction of sp³-hybridized carbons (Fsp3) is 0.412. The van der Waals surface area contributed by atoms with Crippen molar-refractivity contribution in [3.8, 4) is 0 Å². The molecule has 0 spiro atoms. The third-order valence-electron chi connectivity index (χ3n) is 4.27. The van der Waals surface area contributed by atoms with E-state index in [1.54, 1.807) is 0 Å². The SMILES string of the molecule is Cc1onc(C(=O)N2CCN(Cc3ccccc3)CC2)c1C. The first-order valence-corrected chi connectivity index (χ1v) is 7.63. The second-order valence-corrected chi connectivity index (χ2v) is 5.77. The lowest BCUT2D eigenvalue weighted by molar-refractivity contribution is 0.0618. The molecule has 22 heavy (non-hydrogen) atoms. The number of hydrogen-bond donors (Lipinski definition) is 0. The number of aryl methyl sites for hydroxylation is 1. The van der Waals surface area contributed by atoms with Crippen molar-refractivity contribution >= 4 is 5.91 Å². The topological polar surface area (TPSA) is 49.6 Å². The maximum absolute atomic E-state index is 12.5. The molecule has 0 radical (unpaired) electrons. The maximum Gasteiger partial charge on any atom is 0.276 e. The van der Waals surface area contributed by atoms with Gasteiger partial charge in [0.05, 0.1) is 0 Å². The van der Waals surface area contributed by atoms with Gasteiger partial charge in [-0.15, -0.1) is 0 Å². The predicted molar refractivity (Wildman–Crippen MR) is 83.6 cm³/mol. The summed E-state index contributed by atoms with van der Waals surface area (Å²) in [7, 11) is 0. The van der Waals surface area contributed by atoms with E-state index in [1.807, 2.05) is 24.8 Å². The molecule has 0 unspecified atom stereocenters. The Hall–Kier alpha value is -2.14. The number of amides is 1.